The van der Waals surface area contributed by atoms with Gasteiger partial charge in [0.05, 0.1) is 18.7 Å². The highest BCUT2D eigenvalue weighted by molar-refractivity contribution is 6.44. The number of carbonyl (C=O) groups excluding carboxylic acids is 4. The van der Waals surface area contributed by atoms with E-state index >= 15 is 0 Å². The average Bonchev–Trinajstić information content (AvgIpc) is 3.44. The van der Waals surface area contributed by atoms with Crippen molar-refractivity contribution in [2.24, 2.45) is 5.92 Å². The summed E-state index contributed by atoms with van der Waals surface area (Å²) in [6.07, 6.45) is 2.34. The van der Waals surface area contributed by atoms with Gasteiger partial charge in [0.25, 0.3) is 5.91 Å². The van der Waals surface area contributed by atoms with Gasteiger partial charge < -0.3 is 19.7 Å². The Morgan fingerprint density at radius 1 is 0.973 bits per heavy atom. The summed E-state index contributed by atoms with van der Waals surface area (Å²) in [5.41, 5.74) is 2.94. The molecule has 0 aliphatic carbocycles. The zero-order valence-corrected chi connectivity index (χ0v) is 20.0. The molecule has 2 heterocycles. The number of ether oxygens (including phenoxy) is 1. The number of nitrogens with one attached hydrogen (secondary N) is 1. The number of amides is 1. The number of fused-ring (bicyclic) bond motifs is 1. The van der Waals surface area contributed by atoms with Crippen LogP contribution in [0.5, 0.6) is 5.75 Å². The minimum Gasteiger partial charge on any atom is -0.508 e. The van der Waals surface area contributed by atoms with E-state index in [4.69, 9.17) is 4.74 Å². The van der Waals surface area contributed by atoms with Gasteiger partial charge in [-0.25, -0.2) is 4.79 Å². The van der Waals surface area contributed by atoms with Crippen molar-refractivity contribution in [2.75, 3.05) is 13.7 Å². The Morgan fingerprint density at radius 2 is 1.73 bits per heavy atom. The highest BCUT2D eigenvalue weighted by Gasteiger charge is 2.51. The first-order valence-electron chi connectivity index (χ1n) is 11.8. The number of aromatic nitrogens is 1. The van der Waals surface area contributed by atoms with E-state index in [1.54, 1.807) is 24.3 Å². The number of nitrogens with zero attached hydrogens (tertiary/aromatic N) is 1. The molecule has 5 rings (SSSR count). The molecule has 0 spiro atoms. The number of H-pyrrole nitrogens is 1. The molecule has 2 N–H and O–H groups in total. The lowest BCUT2D eigenvalue weighted by atomic mass is 9.86. The average molecular weight is 497 g/mol. The Hall–Kier alpha value is -4.72. The molecule has 1 aliphatic heterocycles. The van der Waals surface area contributed by atoms with E-state index in [2.05, 4.69) is 4.98 Å². The molecule has 1 fully saturated rings. The number of Topliss-reactive ketones (excluding diaryl/α,β-unsaturated/α-hetero) is 2. The second-order valence-electron chi connectivity index (χ2n) is 8.92. The Kier molecular flexibility index (Phi) is 6.31. The molecule has 1 amide bonds. The van der Waals surface area contributed by atoms with Crippen molar-refractivity contribution in [3.05, 3.63) is 101 Å². The maximum atomic E-state index is 13.5. The van der Waals surface area contributed by atoms with Crippen LogP contribution in [0.3, 0.4) is 0 Å². The third-order valence-corrected chi connectivity index (χ3v) is 6.79. The molecule has 1 saturated heterocycles. The SMILES string of the molecule is COC(=O)c1ccc(C2C(C(=O)c3cccc(O)c3)C(=O)C(=O)N2CCc2c[nH]c3ccccc23)cc1. The van der Waals surface area contributed by atoms with Gasteiger partial charge in [-0.05, 0) is 47.9 Å². The number of esters is 1. The molecule has 0 bridgehead atoms. The van der Waals surface area contributed by atoms with Crippen LogP contribution in [0.2, 0.25) is 0 Å². The second-order valence-corrected chi connectivity index (χ2v) is 8.92. The summed E-state index contributed by atoms with van der Waals surface area (Å²) >= 11 is 0. The minimum atomic E-state index is -1.29. The zero-order chi connectivity index (χ0) is 26.1. The molecule has 4 aromatic rings. The van der Waals surface area contributed by atoms with Gasteiger partial charge >= 0.3 is 5.97 Å². The predicted molar refractivity (Wildman–Crippen MR) is 135 cm³/mol. The van der Waals surface area contributed by atoms with Crippen LogP contribution in [0.1, 0.15) is 37.9 Å². The van der Waals surface area contributed by atoms with Crippen LogP contribution in [0.4, 0.5) is 0 Å². The zero-order valence-electron chi connectivity index (χ0n) is 20.0. The smallest absolute Gasteiger partial charge is 0.337 e. The number of phenols is 1. The largest absolute Gasteiger partial charge is 0.508 e. The van der Waals surface area contributed by atoms with E-state index in [0.717, 1.165) is 16.5 Å². The van der Waals surface area contributed by atoms with Crippen molar-refractivity contribution in [3.8, 4) is 5.75 Å². The lowest BCUT2D eigenvalue weighted by Gasteiger charge is -2.27. The minimum absolute atomic E-state index is 0.113. The fraction of sp³-hybridized carbons (Fsp3) is 0.172. The fourth-order valence-corrected chi connectivity index (χ4v) is 4.95. The van der Waals surface area contributed by atoms with E-state index in [0.29, 0.717) is 17.5 Å². The molecule has 8 nitrogen and oxygen atoms in total. The van der Waals surface area contributed by atoms with Crippen molar-refractivity contribution >= 4 is 34.3 Å². The van der Waals surface area contributed by atoms with Crippen LogP contribution in [0, 0.1) is 5.92 Å². The van der Waals surface area contributed by atoms with Crippen LogP contribution in [0.25, 0.3) is 10.9 Å². The van der Waals surface area contributed by atoms with Gasteiger partial charge in [0.1, 0.15) is 11.7 Å². The van der Waals surface area contributed by atoms with Crippen molar-refractivity contribution in [1.29, 1.82) is 0 Å². The summed E-state index contributed by atoms with van der Waals surface area (Å²) in [6.45, 7) is 0.208. The van der Waals surface area contributed by atoms with Crippen molar-refractivity contribution < 1.29 is 29.0 Å². The Bertz CT molecular complexity index is 1520. The number of hydrogen-bond acceptors (Lipinski definition) is 6. The fourth-order valence-electron chi connectivity index (χ4n) is 4.95. The Morgan fingerprint density at radius 3 is 2.46 bits per heavy atom. The van der Waals surface area contributed by atoms with Gasteiger partial charge in [0.15, 0.2) is 5.78 Å². The molecule has 186 valence electrons. The molecule has 2 unspecified atom stereocenters. The summed E-state index contributed by atoms with van der Waals surface area (Å²) < 4.78 is 4.76. The van der Waals surface area contributed by atoms with Crippen LogP contribution >= 0.6 is 0 Å². The van der Waals surface area contributed by atoms with Crippen LogP contribution in [0.15, 0.2) is 79.0 Å². The standard InChI is InChI=1S/C29H24N2O6/c1-37-29(36)18-11-9-17(10-12-18)25-24(26(33)19-5-4-6-21(32)15-19)27(34)28(35)31(25)14-13-20-16-30-23-8-3-2-7-22(20)23/h2-12,15-16,24-25,30,32H,13-14H2,1H3. The molecule has 3 aromatic carbocycles. The number of hydrogen-bond donors (Lipinski definition) is 2. The number of phenolic OH excluding ortho intramolecular Hbond substituents is 1. The third kappa shape index (κ3) is 4.38. The van der Waals surface area contributed by atoms with Crippen LogP contribution in [-0.2, 0) is 20.7 Å². The van der Waals surface area contributed by atoms with Gasteiger partial charge in [-0.15, -0.1) is 0 Å². The number of aromatic amines is 1. The second kappa shape index (κ2) is 9.73. The first-order valence-corrected chi connectivity index (χ1v) is 11.8. The lowest BCUT2D eigenvalue weighted by Crippen LogP contribution is -2.32. The van der Waals surface area contributed by atoms with Gasteiger partial charge in [-0.3, -0.25) is 14.4 Å². The number of aromatic hydroxyl groups is 1. The molecular weight excluding hydrogens is 472 g/mol. The number of para-hydroxylation sites is 1. The summed E-state index contributed by atoms with van der Waals surface area (Å²) in [5.74, 6) is -4.01. The highest BCUT2D eigenvalue weighted by Crippen LogP contribution is 2.39. The van der Waals surface area contributed by atoms with E-state index in [1.807, 2.05) is 30.5 Å². The van der Waals surface area contributed by atoms with Crippen molar-refractivity contribution in [1.82, 2.24) is 9.88 Å². The monoisotopic (exact) mass is 496 g/mol. The van der Waals surface area contributed by atoms with Crippen LogP contribution in [-0.4, -0.2) is 52.1 Å². The number of ketones is 2. The first-order chi connectivity index (χ1) is 17.9. The van der Waals surface area contributed by atoms with Gasteiger partial charge in [0, 0.05) is 29.2 Å². The molecule has 0 saturated carbocycles. The number of benzene rings is 3. The quantitative estimate of drug-likeness (QED) is 0.174. The molecular formula is C29H24N2O6. The normalized spacial score (nSPS) is 17.4. The Labute approximate surface area is 212 Å². The summed E-state index contributed by atoms with van der Waals surface area (Å²) in [5, 5.41) is 10.9. The highest BCUT2D eigenvalue weighted by atomic mass is 16.5. The summed E-state index contributed by atoms with van der Waals surface area (Å²) in [7, 11) is 1.28. The van der Waals surface area contributed by atoms with Crippen LogP contribution < -0.4 is 0 Å². The van der Waals surface area contributed by atoms with Gasteiger partial charge in [-0.2, -0.15) is 0 Å². The van der Waals surface area contributed by atoms with Gasteiger partial charge in [0.2, 0.25) is 5.78 Å². The van der Waals surface area contributed by atoms with E-state index in [1.165, 1.54) is 36.3 Å². The number of methoxy groups -OCH3 is 1. The summed E-state index contributed by atoms with van der Waals surface area (Å²) in [4.78, 5) is 56.6. The molecule has 1 aromatic heterocycles. The molecule has 37 heavy (non-hydrogen) atoms. The summed E-state index contributed by atoms with van der Waals surface area (Å²) in [6, 6.07) is 19.0. The number of carbonyl (C=O) groups is 4. The maximum absolute atomic E-state index is 13.5. The first kappa shape index (κ1) is 24.0. The van der Waals surface area contributed by atoms with E-state index in [9.17, 15) is 24.3 Å². The van der Waals surface area contributed by atoms with Gasteiger partial charge in [-0.1, -0.05) is 42.5 Å². The molecule has 8 heteroatoms. The maximum Gasteiger partial charge on any atom is 0.337 e. The Balaban J connectivity index is 1.52. The van der Waals surface area contributed by atoms with Crippen molar-refractivity contribution in [3.63, 3.8) is 0 Å². The third-order valence-electron chi connectivity index (χ3n) is 6.79. The van der Waals surface area contributed by atoms with Crippen molar-refractivity contribution in [2.45, 2.75) is 12.5 Å². The molecule has 0 radical (unpaired) electrons. The van der Waals surface area contributed by atoms with E-state index < -0.39 is 35.4 Å². The topological polar surface area (TPSA) is 117 Å². The lowest BCUT2D eigenvalue weighted by molar-refractivity contribution is -0.140. The number of likely N-dealkylation sites (tertiary alicyclic amines) is 1. The predicted octanol–water partition coefficient (Wildman–Crippen LogP) is 3.85. The molecule has 2 atom stereocenters. The van der Waals surface area contributed by atoms with E-state index in [-0.39, 0.29) is 17.9 Å². The molecule has 1 aliphatic rings. The number of rotatable bonds is 7.